The Morgan fingerprint density at radius 3 is 2.32 bits per heavy atom. The quantitative estimate of drug-likeness (QED) is 0.433. The lowest BCUT2D eigenvalue weighted by molar-refractivity contribution is -0.123. The Balaban J connectivity index is 1.61. The van der Waals surface area contributed by atoms with Crippen LogP contribution in [0.2, 0.25) is 0 Å². The van der Waals surface area contributed by atoms with E-state index in [-0.39, 0.29) is 17.9 Å². The SMILES string of the molecule is Cc1ccc(N(C(=O)c2ccc3c(c2)OCCO3)[C@H](C(=O)NC2CCCCC2)c2ccc(F)cc2)c(C)c1. The first kappa shape index (κ1) is 25.8. The summed E-state index contributed by atoms with van der Waals surface area (Å²) in [6.45, 7) is 4.75. The van der Waals surface area contributed by atoms with Gasteiger partial charge in [-0.2, -0.15) is 0 Å². The van der Waals surface area contributed by atoms with Gasteiger partial charge in [-0.05, 0) is 74.2 Å². The molecule has 38 heavy (non-hydrogen) atoms. The van der Waals surface area contributed by atoms with Gasteiger partial charge in [0.25, 0.3) is 5.91 Å². The minimum Gasteiger partial charge on any atom is -0.486 e. The van der Waals surface area contributed by atoms with Gasteiger partial charge in [0.2, 0.25) is 5.91 Å². The van der Waals surface area contributed by atoms with E-state index in [1.165, 1.54) is 17.0 Å². The normalized spacial score (nSPS) is 16.0. The monoisotopic (exact) mass is 516 g/mol. The number of hydrogen-bond donors (Lipinski definition) is 1. The molecule has 6 nitrogen and oxygen atoms in total. The molecule has 198 valence electrons. The van der Waals surface area contributed by atoms with Gasteiger partial charge in [0.1, 0.15) is 25.1 Å². The largest absolute Gasteiger partial charge is 0.486 e. The number of ether oxygens (including phenoxy) is 2. The lowest BCUT2D eigenvalue weighted by Crippen LogP contribution is -2.47. The van der Waals surface area contributed by atoms with Gasteiger partial charge in [-0.1, -0.05) is 49.1 Å². The van der Waals surface area contributed by atoms with Gasteiger partial charge in [0, 0.05) is 17.3 Å². The molecule has 7 heteroatoms. The number of carbonyl (C=O) groups is 2. The van der Waals surface area contributed by atoms with E-state index < -0.39 is 11.9 Å². The van der Waals surface area contributed by atoms with E-state index in [9.17, 15) is 14.0 Å². The Labute approximate surface area is 222 Å². The van der Waals surface area contributed by atoms with Crippen molar-refractivity contribution in [3.63, 3.8) is 0 Å². The number of anilines is 1. The van der Waals surface area contributed by atoms with Crippen LogP contribution in [0.25, 0.3) is 0 Å². The first-order valence-corrected chi connectivity index (χ1v) is 13.3. The second-order valence-corrected chi connectivity index (χ2v) is 10.1. The van der Waals surface area contributed by atoms with Crippen molar-refractivity contribution in [3.05, 3.63) is 88.7 Å². The van der Waals surface area contributed by atoms with Crippen LogP contribution >= 0.6 is 0 Å². The minimum atomic E-state index is -1.00. The first-order valence-electron chi connectivity index (χ1n) is 13.3. The summed E-state index contributed by atoms with van der Waals surface area (Å²) in [5.41, 5.74) is 3.41. The van der Waals surface area contributed by atoms with Crippen molar-refractivity contribution in [2.75, 3.05) is 18.1 Å². The molecule has 1 aliphatic carbocycles. The number of nitrogens with zero attached hydrogens (tertiary/aromatic N) is 1. The average molecular weight is 517 g/mol. The van der Waals surface area contributed by atoms with Crippen molar-refractivity contribution < 1.29 is 23.5 Å². The van der Waals surface area contributed by atoms with Crippen molar-refractivity contribution in [1.29, 1.82) is 0 Å². The molecule has 2 aliphatic rings. The van der Waals surface area contributed by atoms with E-state index in [4.69, 9.17) is 9.47 Å². The van der Waals surface area contributed by atoms with Gasteiger partial charge in [0.05, 0.1) is 0 Å². The highest BCUT2D eigenvalue weighted by atomic mass is 19.1. The number of fused-ring (bicyclic) bond motifs is 1. The summed E-state index contributed by atoms with van der Waals surface area (Å²) in [6, 6.07) is 15.7. The molecular weight excluding hydrogens is 483 g/mol. The number of hydrogen-bond acceptors (Lipinski definition) is 4. The Morgan fingerprint density at radius 2 is 1.61 bits per heavy atom. The molecule has 1 heterocycles. The summed E-state index contributed by atoms with van der Waals surface area (Å²) in [7, 11) is 0. The Kier molecular flexibility index (Phi) is 7.63. The summed E-state index contributed by atoms with van der Waals surface area (Å²) >= 11 is 0. The van der Waals surface area contributed by atoms with Gasteiger partial charge in [0.15, 0.2) is 11.5 Å². The molecule has 1 atom stereocenters. The van der Waals surface area contributed by atoms with Crippen molar-refractivity contribution >= 4 is 17.5 Å². The molecule has 1 N–H and O–H groups in total. The molecule has 0 spiro atoms. The second-order valence-electron chi connectivity index (χ2n) is 10.1. The number of aryl methyl sites for hydroxylation is 2. The summed E-state index contributed by atoms with van der Waals surface area (Å²) < 4.78 is 25.3. The molecule has 5 rings (SSSR count). The lowest BCUT2D eigenvalue weighted by Gasteiger charge is -2.34. The zero-order valence-electron chi connectivity index (χ0n) is 21.8. The summed E-state index contributed by atoms with van der Waals surface area (Å²) in [5.74, 6) is 0.0245. The van der Waals surface area contributed by atoms with Crippen LogP contribution in [-0.4, -0.2) is 31.1 Å². The van der Waals surface area contributed by atoms with Crippen molar-refractivity contribution in [1.82, 2.24) is 5.32 Å². The fourth-order valence-electron chi connectivity index (χ4n) is 5.35. The third-order valence-electron chi connectivity index (χ3n) is 7.26. The van der Waals surface area contributed by atoms with E-state index >= 15 is 0 Å². The van der Waals surface area contributed by atoms with Crippen molar-refractivity contribution in [2.24, 2.45) is 0 Å². The fraction of sp³-hybridized carbons (Fsp3) is 0.355. The van der Waals surface area contributed by atoms with Gasteiger partial charge < -0.3 is 14.8 Å². The highest BCUT2D eigenvalue weighted by Crippen LogP contribution is 2.36. The number of benzene rings is 3. The molecule has 3 aromatic carbocycles. The zero-order valence-corrected chi connectivity index (χ0v) is 21.8. The number of amides is 2. The molecular formula is C31H33FN2O4. The number of carbonyl (C=O) groups excluding carboxylic acids is 2. The molecule has 0 aromatic heterocycles. The predicted molar refractivity (Wildman–Crippen MR) is 144 cm³/mol. The standard InChI is InChI=1S/C31H33FN2O4/c1-20-8-14-26(21(2)18-20)34(31(36)23-11-15-27-28(19-23)38-17-16-37-27)29(22-9-12-24(32)13-10-22)30(35)33-25-6-4-3-5-7-25/h8-15,18-19,25,29H,3-7,16-17H2,1-2H3,(H,33,35)/t29-/m0/s1. The Hall–Kier alpha value is -3.87. The highest BCUT2D eigenvalue weighted by Gasteiger charge is 2.36. The smallest absolute Gasteiger partial charge is 0.259 e. The van der Waals surface area contributed by atoms with E-state index in [0.717, 1.165) is 43.2 Å². The van der Waals surface area contributed by atoms with Crippen LogP contribution < -0.4 is 19.7 Å². The van der Waals surface area contributed by atoms with Crippen LogP contribution in [0.3, 0.4) is 0 Å². The van der Waals surface area contributed by atoms with E-state index in [1.54, 1.807) is 30.3 Å². The van der Waals surface area contributed by atoms with Gasteiger partial charge >= 0.3 is 0 Å². The van der Waals surface area contributed by atoms with Crippen molar-refractivity contribution in [3.8, 4) is 11.5 Å². The van der Waals surface area contributed by atoms with E-state index in [0.29, 0.717) is 41.5 Å². The molecule has 0 unspecified atom stereocenters. The lowest BCUT2D eigenvalue weighted by atomic mass is 9.94. The maximum Gasteiger partial charge on any atom is 0.259 e. The third-order valence-corrected chi connectivity index (χ3v) is 7.26. The number of halogens is 1. The maximum absolute atomic E-state index is 14.3. The van der Waals surface area contributed by atoms with Crippen LogP contribution in [0.4, 0.5) is 10.1 Å². The molecule has 1 saturated carbocycles. The van der Waals surface area contributed by atoms with Crippen LogP contribution in [0.1, 0.15) is 65.2 Å². The third kappa shape index (κ3) is 5.52. The van der Waals surface area contributed by atoms with Gasteiger partial charge in [-0.25, -0.2) is 4.39 Å². The summed E-state index contributed by atoms with van der Waals surface area (Å²) in [4.78, 5) is 29.9. The first-order chi connectivity index (χ1) is 18.4. The van der Waals surface area contributed by atoms with E-state index in [1.807, 2.05) is 32.0 Å². The van der Waals surface area contributed by atoms with Crippen molar-refractivity contribution in [2.45, 2.75) is 58.0 Å². The molecule has 0 saturated heterocycles. The number of nitrogens with one attached hydrogen (secondary N) is 1. The van der Waals surface area contributed by atoms with Crippen LogP contribution in [0, 0.1) is 19.7 Å². The maximum atomic E-state index is 14.3. The summed E-state index contributed by atoms with van der Waals surface area (Å²) in [6.07, 6.45) is 5.08. The molecule has 0 bridgehead atoms. The molecule has 3 aromatic rings. The minimum absolute atomic E-state index is 0.0459. The predicted octanol–water partition coefficient (Wildman–Crippen LogP) is 6.05. The molecule has 0 radical (unpaired) electrons. The van der Waals surface area contributed by atoms with Crippen LogP contribution in [0.5, 0.6) is 11.5 Å². The Morgan fingerprint density at radius 1 is 0.895 bits per heavy atom. The fourth-order valence-corrected chi connectivity index (χ4v) is 5.35. The van der Waals surface area contributed by atoms with E-state index in [2.05, 4.69) is 5.32 Å². The second kappa shape index (κ2) is 11.3. The average Bonchev–Trinajstić information content (AvgIpc) is 2.93. The molecule has 2 amide bonds. The zero-order chi connectivity index (χ0) is 26.6. The molecule has 1 aliphatic heterocycles. The number of rotatable bonds is 6. The highest BCUT2D eigenvalue weighted by molar-refractivity contribution is 6.10. The van der Waals surface area contributed by atoms with Gasteiger partial charge in [-0.3, -0.25) is 14.5 Å². The Bertz CT molecular complexity index is 1320. The topological polar surface area (TPSA) is 67.9 Å². The van der Waals surface area contributed by atoms with Gasteiger partial charge in [-0.15, -0.1) is 0 Å². The molecule has 1 fully saturated rings. The summed E-state index contributed by atoms with van der Waals surface area (Å²) in [5, 5.41) is 3.20. The van der Waals surface area contributed by atoms with Crippen LogP contribution in [0.15, 0.2) is 60.7 Å². The van der Waals surface area contributed by atoms with Crippen LogP contribution in [-0.2, 0) is 4.79 Å².